The Morgan fingerprint density at radius 3 is 2.87 bits per heavy atom. The molecule has 2 rings (SSSR count). The number of likely N-dealkylation sites (tertiary alicyclic amines) is 1. The van der Waals surface area contributed by atoms with Crippen LogP contribution in [0.1, 0.15) is 64.7 Å². The van der Waals surface area contributed by atoms with Gasteiger partial charge >= 0.3 is 6.09 Å². The summed E-state index contributed by atoms with van der Waals surface area (Å²) in [6, 6.07) is 0.170. The molecule has 23 heavy (non-hydrogen) atoms. The summed E-state index contributed by atoms with van der Waals surface area (Å²) < 4.78 is 11.1. The highest BCUT2D eigenvalue weighted by Crippen LogP contribution is 2.21. The van der Waals surface area contributed by atoms with Crippen LogP contribution in [0.3, 0.4) is 0 Å². The molecule has 1 aromatic heterocycles. The zero-order valence-corrected chi connectivity index (χ0v) is 14.9. The SMILES string of the molecule is Cc1cnc(C(C)NCC2CCCCN2C(=O)OC(C)(C)C)o1. The van der Waals surface area contributed by atoms with Crippen molar-refractivity contribution >= 4 is 6.09 Å². The fourth-order valence-corrected chi connectivity index (χ4v) is 2.75. The number of nitrogens with zero attached hydrogens (tertiary/aromatic N) is 2. The van der Waals surface area contributed by atoms with Crippen LogP contribution in [0, 0.1) is 6.92 Å². The maximum Gasteiger partial charge on any atom is 0.410 e. The number of hydrogen-bond acceptors (Lipinski definition) is 5. The summed E-state index contributed by atoms with van der Waals surface area (Å²) in [7, 11) is 0. The van der Waals surface area contributed by atoms with Crippen LogP contribution in [0.2, 0.25) is 0 Å². The van der Waals surface area contributed by atoms with Crippen LogP contribution < -0.4 is 5.32 Å². The highest BCUT2D eigenvalue weighted by Gasteiger charge is 2.30. The minimum atomic E-state index is -0.463. The van der Waals surface area contributed by atoms with Crippen LogP contribution in [0.15, 0.2) is 10.6 Å². The Morgan fingerprint density at radius 1 is 1.52 bits per heavy atom. The molecule has 0 spiro atoms. The highest BCUT2D eigenvalue weighted by atomic mass is 16.6. The number of rotatable bonds is 4. The third-order valence-electron chi connectivity index (χ3n) is 3.92. The highest BCUT2D eigenvalue weighted by molar-refractivity contribution is 5.68. The van der Waals surface area contributed by atoms with Crippen LogP contribution >= 0.6 is 0 Å². The van der Waals surface area contributed by atoms with Crippen molar-refractivity contribution in [3.8, 4) is 0 Å². The van der Waals surface area contributed by atoms with Gasteiger partial charge < -0.3 is 19.4 Å². The minimum Gasteiger partial charge on any atom is -0.444 e. The Balaban J connectivity index is 1.92. The minimum absolute atomic E-state index is 0.0195. The normalized spacial score (nSPS) is 20.4. The Hall–Kier alpha value is -1.56. The van der Waals surface area contributed by atoms with E-state index in [-0.39, 0.29) is 18.2 Å². The third kappa shape index (κ3) is 5.23. The van der Waals surface area contributed by atoms with Gasteiger partial charge in [-0.15, -0.1) is 0 Å². The molecular weight excluding hydrogens is 294 g/mol. The molecule has 1 amide bonds. The summed E-state index contributed by atoms with van der Waals surface area (Å²) >= 11 is 0. The van der Waals surface area contributed by atoms with E-state index in [1.165, 1.54) is 0 Å². The van der Waals surface area contributed by atoms with Gasteiger partial charge in [-0.2, -0.15) is 0 Å². The summed E-state index contributed by atoms with van der Waals surface area (Å²) in [4.78, 5) is 18.5. The average molecular weight is 323 g/mol. The van der Waals surface area contributed by atoms with Crippen LogP contribution in [-0.4, -0.2) is 40.7 Å². The largest absolute Gasteiger partial charge is 0.444 e. The maximum atomic E-state index is 12.4. The van der Waals surface area contributed by atoms with E-state index in [1.807, 2.05) is 39.5 Å². The van der Waals surface area contributed by atoms with E-state index in [2.05, 4.69) is 10.3 Å². The van der Waals surface area contributed by atoms with Crippen molar-refractivity contribution in [3.05, 3.63) is 17.8 Å². The molecule has 0 aliphatic carbocycles. The van der Waals surface area contributed by atoms with Crippen molar-refractivity contribution in [2.24, 2.45) is 0 Å². The Morgan fingerprint density at radius 2 is 2.26 bits per heavy atom. The van der Waals surface area contributed by atoms with E-state index in [9.17, 15) is 4.79 Å². The van der Waals surface area contributed by atoms with Gasteiger partial charge in [-0.05, 0) is 53.9 Å². The second kappa shape index (κ2) is 7.34. The van der Waals surface area contributed by atoms with E-state index in [1.54, 1.807) is 6.20 Å². The van der Waals surface area contributed by atoms with E-state index < -0.39 is 5.60 Å². The first-order chi connectivity index (χ1) is 10.8. The lowest BCUT2D eigenvalue weighted by molar-refractivity contribution is 0.00964. The molecule has 1 saturated heterocycles. The molecule has 1 N–H and O–H groups in total. The van der Waals surface area contributed by atoms with Gasteiger partial charge in [-0.1, -0.05) is 0 Å². The molecule has 0 saturated carbocycles. The predicted molar refractivity (Wildman–Crippen MR) is 88.2 cm³/mol. The van der Waals surface area contributed by atoms with Gasteiger partial charge in [0, 0.05) is 19.1 Å². The van der Waals surface area contributed by atoms with E-state index >= 15 is 0 Å². The predicted octanol–water partition coefficient (Wildman–Crippen LogP) is 3.42. The number of oxazole rings is 1. The van der Waals surface area contributed by atoms with Crippen molar-refractivity contribution in [1.29, 1.82) is 0 Å². The van der Waals surface area contributed by atoms with Crippen molar-refractivity contribution in [2.75, 3.05) is 13.1 Å². The Labute approximate surface area is 138 Å². The molecule has 1 fully saturated rings. The lowest BCUT2D eigenvalue weighted by Gasteiger charge is -2.37. The standard InChI is InChI=1S/C17H29N3O3/c1-12-10-19-15(22-12)13(2)18-11-14-8-6-7-9-20(14)16(21)23-17(3,4)5/h10,13-14,18H,6-9,11H2,1-5H3. The summed E-state index contributed by atoms with van der Waals surface area (Å²) in [5.41, 5.74) is -0.463. The van der Waals surface area contributed by atoms with Gasteiger partial charge in [0.05, 0.1) is 12.2 Å². The van der Waals surface area contributed by atoms with Crippen molar-refractivity contribution in [1.82, 2.24) is 15.2 Å². The number of piperidine rings is 1. The molecule has 130 valence electrons. The fraction of sp³-hybridized carbons (Fsp3) is 0.765. The van der Waals surface area contributed by atoms with Gasteiger partial charge in [0.15, 0.2) is 0 Å². The zero-order chi connectivity index (χ0) is 17.0. The first-order valence-electron chi connectivity index (χ1n) is 8.41. The van der Waals surface area contributed by atoms with Crippen molar-refractivity contribution < 1.29 is 13.9 Å². The number of carbonyl (C=O) groups is 1. The first kappa shape index (κ1) is 17.8. The van der Waals surface area contributed by atoms with Crippen molar-refractivity contribution in [3.63, 3.8) is 0 Å². The molecule has 6 heteroatoms. The monoisotopic (exact) mass is 323 g/mol. The number of carbonyl (C=O) groups excluding carboxylic acids is 1. The van der Waals surface area contributed by atoms with Crippen LogP contribution in [0.4, 0.5) is 4.79 Å². The van der Waals surface area contributed by atoms with E-state index in [0.29, 0.717) is 12.4 Å². The van der Waals surface area contributed by atoms with E-state index in [4.69, 9.17) is 9.15 Å². The average Bonchev–Trinajstić information content (AvgIpc) is 2.90. The lowest BCUT2D eigenvalue weighted by Crippen LogP contribution is -2.50. The number of hydrogen-bond donors (Lipinski definition) is 1. The van der Waals surface area contributed by atoms with Gasteiger partial charge in [-0.3, -0.25) is 0 Å². The second-order valence-corrected chi connectivity index (χ2v) is 7.26. The molecule has 0 bridgehead atoms. The van der Waals surface area contributed by atoms with Gasteiger partial charge in [0.25, 0.3) is 0 Å². The zero-order valence-electron chi connectivity index (χ0n) is 14.9. The third-order valence-corrected chi connectivity index (χ3v) is 3.92. The molecule has 1 aliphatic heterocycles. The molecule has 1 aliphatic rings. The molecule has 1 aromatic rings. The summed E-state index contributed by atoms with van der Waals surface area (Å²) in [6.07, 6.45) is 4.66. The maximum absolute atomic E-state index is 12.4. The molecule has 0 aromatic carbocycles. The fourth-order valence-electron chi connectivity index (χ4n) is 2.75. The molecule has 2 unspecified atom stereocenters. The van der Waals surface area contributed by atoms with Crippen LogP contribution in [-0.2, 0) is 4.74 Å². The molecular formula is C17H29N3O3. The number of aromatic nitrogens is 1. The Bertz CT molecular complexity index is 521. The molecule has 2 heterocycles. The second-order valence-electron chi connectivity index (χ2n) is 7.26. The number of nitrogens with one attached hydrogen (secondary N) is 1. The quantitative estimate of drug-likeness (QED) is 0.919. The number of amides is 1. The van der Waals surface area contributed by atoms with Crippen molar-refractivity contribution in [2.45, 2.75) is 71.6 Å². The summed E-state index contributed by atoms with van der Waals surface area (Å²) in [5, 5.41) is 3.42. The molecule has 0 radical (unpaired) electrons. The number of ether oxygens (including phenoxy) is 1. The Kier molecular flexibility index (Phi) is 5.68. The summed E-state index contributed by atoms with van der Waals surface area (Å²) in [5.74, 6) is 1.49. The van der Waals surface area contributed by atoms with Gasteiger partial charge in [0.2, 0.25) is 5.89 Å². The topological polar surface area (TPSA) is 67.6 Å². The molecule has 6 nitrogen and oxygen atoms in total. The lowest BCUT2D eigenvalue weighted by atomic mass is 10.0. The van der Waals surface area contributed by atoms with Gasteiger partial charge in [-0.25, -0.2) is 9.78 Å². The van der Waals surface area contributed by atoms with Gasteiger partial charge in [0.1, 0.15) is 11.4 Å². The smallest absolute Gasteiger partial charge is 0.410 e. The van der Waals surface area contributed by atoms with E-state index in [0.717, 1.165) is 31.6 Å². The molecule has 2 atom stereocenters. The number of aryl methyl sites for hydroxylation is 1. The van der Waals surface area contributed by atoms with Crippen LogP contribution in [0.25, 0.3) is 0 Å². The summed E-state index contributed by atoms with van der Waals surface area (Å²) in [6.45, 7) is 11.1. The first-order valence-corrected chi connectivity index (χ1v) is 8.41. The van der Waals surface area contributed by atoms with Crippen LogP contribution in [0.5, 0.6) is 0 Å².